The molecule has 0 fully saturated rings. The van der Waals surface area contributed by atoms with E-state index in [1.165, 1.54) is 0 Å². The summed E-state index contributed by atoms with van der Waals surface area (Å²) in [5.74, 6) is 0. The summed E-state index contributed by atoms with van der Waals surface area (Å²) in [4.78, 5) is 4.10. The van der Waals surface area contributed by atoms with Gasteiger partial charge in [0.2, 0.25) is 5.65 Å². The molecule has 0 amide bonds. The van der Waals surface area contributed by atoms with E-state index in [1.54, 1.807) is 6.20 Å². The first-order valence-electron chi connectivity index (χ1n) is 3.93. The third-order valence-electron chi connectivity index (χ3n) is 1.64. The number of nitrogens with one attached hydrogen (secondary N) is 1. The maximum absolute atomic E-state index is 5.33. The molecule has 2 aromatic heterocycles. The van der Waals surface area contributed by atoms with Crippen molar-refractivity contribution in [2.24, 2.45) is 5.73 Å². The highest BCUT2D eigenvalue weighted by atomic mass is 15.3. The van der Waals surface area contributed by atoms with Crippen molar-refractivity contribution in [3.05, 3.63) is 23.9 Å². The molecule has 2 rings (SSSR count). The molecule has 0 aliphatic rings. The van der Waals surface area contributed by atoms with E-state index in [0.29, 0.717) is 12.2 Å². The Morgan fingerprint density at radius 3 is 3.23 bits per heavy atom. The number of fused-ring (bicyclic) bond motifs is 1. The van der Waals surface area contributed by atoms with Gasteiger partial charge >= 0.3 is 0 Å². The lowest BCUT2D eigenvalue weighted by Crippen LogP contribution is -1.92. The van der Waals surface area contributed by atoms with Crippen molar-refractivity contribution in [3.8, 4) is 0 Å². The number of hydrogen-bond acceptors (Lipinski definition) is 4. The topological polar surface area (TPSA) is 80.5 Å². The molecule has 0 atom stereocenters. The molecule has 0 aliphatic carbocycles. The van der Waals surface area contributed by atoms with Crippen LogP contribution >= 0.6 is 0 Å². The molecular formula is C8H9N5. The Balaban J connectivity index is 2.42. The van der Waals surface area contributed by atoms with Crippen LogP contribution in [0.15, 0.2) is 18.3 Å². The van der Waals surface area contributed by atoms with E-state index in [1.807, 2.05) is 18.2 Å². The number of pyridine rings is 1. The highest BCUT2D eigenvalue weighted by molar-refractivity contribution is 5.72. The molecule has 3 N–H and O–H groups in total. The van der Waals surface area contributed by atoms with Gasteiger partial charge in [0.15, 0.2) is 0 Å². The number of aromatic amines is 1. The minimum Gasteiger partial charge on any atom is -0.327 e. The van der Waals surface area contributed by atoms with Crippen LogP contribution in [0.2, 0.25) is 0 Å². The average Bonchev–Trinajstić information content (AvgIpc) is 2.61. The summed E-state index contributed by atoms with van der Waals surface area (Å²) >= 11 is 0. The van der Waals surface area contributed by atoms with Crippen LogP contribution in [-0.4, -0.2) is 26.9 Å². The van der Waals surface area contributed by atoms with E-state index < -0.39 is 0 Å². The summed E-state index contributed by atoms with van der Waals surface area (Å²) in [6.07, 6.45) is 5.50. The molecular weight excluding hydrogens is 166 g/mol. The Kier molecular flexibility index (Phi) is 2.01. The highest BCUT2D eigenvalue weighted by Gasteiger charge is 1.97. The number of nitrogens with two attached hydrogens (primary N) is 1. The Hall–Kier alpha value is -1.75. The SMILES string of the molecule is NC/C=C/c1cnc2n[nH]nc2c1. The first kappa shape index (κ1) is 7.88. The zero-order valence-electron chi connectivity index (χ0n) is 6.94. The molecule has 0 unspecified atom stereocenters. The predicted octanol–water partition coefficient (Wildman–Crippen LogP) is 0.325. The Bertz CT molecular complexity index is 431. The largest absolute Gasteiger partial charge is 0.327 e. The van der Waals surface area contributed by atoms with Crippen molar-refractivity contribution in [1.82, 2.24) is 20.4 Å². The molecule has 5 nitrogen and oxygen atoms in total. The predicted molar refractivity (Wildman–Crippen MR) is 49.8 cm³/mol. The first-order valence-corrected chi connectivity index (χ1v) is 3.93. The number of nitrogens with zero attached hydrogens (tertiary/aromatic N) is 3. The van der Waals surface area contributed by atoms with Crippen molar-refractivity contribution >= 4 is 17.2 Å². The number of aromatic nitrogens is 4. The standard InChI is InChI=1S/C8H9N5/c9-3-1-2-6-4-7-8(10-5-6)12-13-11-7/h1-2,4-5H,3,9H2,(H,10,11,12,13)/b2-1+. The number of rotatable bonds is 2. The average molecular weight is 175 g/mol. The van der Waals surface area contributed by atoms with Crippen molar-refractivity contribution in [2.75, 3.05) is 6.54 Å². The molecule has 2 heterocycles. The van der Waals surface area contributed by atoms with Crippen LogP contribution in [0.25, 0.3) is 17.2 Å². The summed E-state index contributed by atoms with van der Waals surface area (Å²) in [6.45, 7) is 0.525. The quantitative estimate of drug-likeness (QED) is 0.689. The molecule has 0 aromatic carbocycles. The molecule has 0 aliphatic heterocycles. The van der Waals surface area contributed by atoms with E-state index in [2.05, 4.69) is 20.4 Å². The molecule has 0 spiro atoms. The molecule has 2 aromatic rings. The summed E-state index contributed by atoms with van der Waals surface area (Å²) in [7, 11) is 0. The van der Waals surface area contributed by atoms with E-state index in [4.69, 9.17) is 5.73 Å². The van der Waals surface area contributed by atoms with Crippen molar-refractivity contribution in [3.63, 3.8) is 0 Å². The molecule has 13 heavy (non-hydrogen) atoms. The second-order valence-corrected chi connectivity index (χ2v) is 2.57. The zero-order chi connectivity index (χ0) is 9.10. The highest BCUT2D eigenvalue weighted by Crippen LogP contribution is 2.07. The van der Waals surface area contributed by atoms with Gasteiger partial charge in [-0.1, -0.05) is 12.2 Å². The summed E-state index contributed by atoms with van der Waals surface area (Å²) in [6, 6.07) is 1.90. The van der Waals surface area contributed by atoms with Gasteiger partial charge in [0.1, 0.15) is 5.52 Å². The second-order valence-electron chi connectivity index (χ2n) is 2.57. The second kappa shape index (κ2) is 3.32. The Morgan fingerprint density at radius 2 is 2.38 bits per heavy atom. The molecule has 0 radical (unpaired) electrons. The lowest BCUT2D eigenvalue weighted by atomic mass is 10.2. The van der Waals surface area contributed by atoms with Crippen LogP contribution in [0.4, 0.5) is 0 Å². The van der Waals surface area contributed by atoms with Crippen molar-refractivity contribution < 1.29 is 0 Å². The smallest absolute Gasteiger partial charge is 0.201 e. The zero-order valence-corrected chi connectivity index (χ0v) is 6.94. The van der Waals surface area contributed by atoms with E-state index in [-0.39, 0.29) is 0 Å². The van der Waals surface area contributed by atoms with Crippen LogP contribution < -0.4 is 5.73 Å². The van der Waals surface area contributed by atoms with Gasteiger partial charge in [-0.2, -0.15) is 10.3 Å². The van der Waals surface area contributed by atoms with E-state index in [0.717, 1.165) is 11.1 Å². The Morgan fingerprint density at radius 1 is 1.46 bits per heavy atom. The maximum Gasteiger partial charge on any atom is 0.201 e. The van der Waals surface area contributed by atoms with Gasteiger partial charge in [-0.3, -0.25) is 0 Å². The molecule has 66 valence electrons. The van der Waals surface area contributed by atoms with Crippen LogP contribution in [0.1, 0.15) is 5.56 Å². The van der Waals surface area contributed by atoms with Gasteiger partial charge in [0, 0.05) is 12.7 Å². The third kappa shape index (κ3) is 1.54. The van der Waals surface area contributed by atoms with Crippen molar-refractivity contribution in [2.45, 2.75) is 0 Å². The molecule has 0 bridgehead atoms. The third-order valence-corrected chi connectivity index (χ3v) is 1.64. The fraction of sp³-hybridized carbons (Fsp3) is 0.125. The van der Waals surface area contributed by atoms with Gasteiger partial charge in [-0.15, -0.1) is 5.10 Å². The van der Waals surface area contributed by atoms with Gasteiger partial charge in [-0.25, -0.2) is 4.98 Å². The van der Waals surface area contributed by atoms with Crippen molar-refractivity contribution in [1.29, 1.82) is 0 Å². The normalized spacial score (nSPS) is 11.5. The summed E-state index contributed by atoms with van der Waals surface area (Å²) < 4.78 is 0. The lowest BCUT2D eigenvalue weighted by Gasteiger charge is -1.90. The maximum atomic E-state index is 5.33. The molecule has 0 saturated heterocycles. The number of hydrogen-bond donors (Lipinski definition) is 2. The summed E-state index contributed by atoms with van der Waals surface area (Å²) in [5, 5.41) is 10.3. The van der Waals surface area contributed by atoms with Gasteiger partial charge < -0.3 is 5.73 Å². The van der Waals surface area contributed by atoms with Gasteiger partial charge in [0.25, 0.3) is 0 Å². The molecule has 5 heteroatoms. The minimum atomic E-state index is 0.525. The van der Waals surface area contributed by atoms with Crippen LogP contribution in [-0.2, 0) is 0 Å². The van der Waals surface area contributed by atoms with Crippen LogP contribution in [0.5, 0.6) is 0 Å². The van der Waals surface area contributed by atoms with E-state index >= 15 is 0 Å². The Labute approximate surface area is 74.7 Å². The lowest BCUT2D eigenvalue weighted by molar-refractivity contribution is 0.954. The minimum absolute atomic E-state index is 0.525. The fourth-order valence-corrected chi connectivity index (χ4v) is 1.05. The molecule has 0 saturated carbocycles. The van der Waals surface area contributed by atoms with E-state index in [9.17, 15) is 0 Å². The van der Waals surface area contributed by atoms with Crippen LogP contribution in [0, 0.1) is 0 Å². The summed E-state index contributed by atoms with van der Waals surface area (Å²) in [5.41, 5.74) is 7.70. The van der Waals surface area contributed by atoms with Crippen LogP contribution in [0.3, 0.4) is 0 Å². The fourth-order valence-electron chi connectivity index (χ4n) is 1.05. The van der Waals surface area contributed by atoms with Gasteiger partial charge in [-0.05, 0) is 11.6 Å². The monoisotopic (exact) mass is 175 g/mol. The van der Waals surface area contributed by atoms with Gasteiger partial charge in [0.05, 0.1) is 0 Å². The first-order chi connectivity index (χ1) is 6.40. The number of H-pyrrole nitrogens is 1.